The molecule has 0 unspecified atom stereocenters. The van der Waals surface area contributed by atoms with Crippen LogP contribution in [0.1, 0.15) is 16.1 Å². The molecule has 1 aliphatic rings. The number of fused-ring (bicyclic) bond motifs is 4. The number of carbonyl (C=O) groups excluding carboxylic acids is 1. The molecule has 0 atom stereocenters. The fraction of sp³-hybridized carbons (Fsp3) is 0.0500. The van der Waals surface area contributed by atoms with Crippen molar-refractivity contribution in [1.29, 1.82) is 0 Å². The molecule has 0 radical (unpaired) electrons. The van der Waals surface area contributed by atoms with Crippen molar-refractivity contribution in [1.82, 2.24) is 9.97 Å². The quantitative estimate of drug-likeness (QED) is 0.439. The van der Waals surface area contributed by atoms with Crippen LogP contribution in [-0.4, -0.2) is 22.9 Å². The van der Waals surface area contributed by atoms with Crippen LogP contribution in [0.5, 0.6) is 5.75 Å². The first-order valence-corrected chi connectivity index (χ1v) is 7.68. The van der Waals surface area contributed by atoms with Gasteiger partial charge in [-0.25, -0.2) is 4.98 Å². The number of pyridine rings is 2. The molecule has 4 heteroatoms. The third kappa shape index (κ3) is 1.60. The average molecular weight is 312 g/mol. The first kappa shape index (κ1) is 13.2. The topological polar surface area (TPSA) is 52.1 Å². The molecule has 1 aliphatic carbocycles. The summed E-state index contributed by atoms with van der Waals surface area (Å²) in [5, 5.41) is 2.85. The normalized spacial score (nSPS) is 12.5. The van der Waals surface area contributed by atoms with Gasteiger partial charge in [-0.05, 0) is 35.7 Å². The van der Waals surface area contributed by atoms with Crippen molar-refractivity contribution in [2.75, 3.05) is 7.11 Å². The monoisotopic (exact) mass is 312 g/mol. The van der Waals surface area contributed by atoms with E-state index in [1.807, 2.05) is 36.4 Å². The van der Waals surface area contributed by atoms with Crippen molar-refractivity contribution in [3.05, 3.63) is 66.0 Å². The molecule has 0 aliphatic heterocycles. The van der Waals surface area contributed by atoms with Crippen LogP contribution in [0, 0.1) is 0 Å². The van der Waals surface area contributed by atoms with E-state index in [9.17, 15) is 4.79 Å². The highest BCUT2D eigenvalue weighted by atomic mass is 16.5. The average Bonchev–Trinajstić information content (AvgIpc) is 2.65. The number of hydrogen-bond acceptors (Lipinski definition) is 4. The maximum atomic E-state index is 12.9. The minimum atomic E-state index is -0.0668. The van der Waals surface area contributed by atoms with E-state index in [0.29, 0.717) is 17.0 Å². The third-order valence-electron chi connectivity index (χ3n) is 4.56. The van der Waals surface area contributed by atoms with E-state index >= 15 is 0 Å². The number of carbonyl (C=O) groups is 1. The first-order valence-electron chi connectivity index (χ1n) is 7.68. The van der Waals surface area contributed by atoms with E-state index in [4.69, 9.17) is 9.72 Å². The first-order chi connectivity index (χ1) is 11.8. The predicted molar refractivity (Wildman–Crippen MR) is 92.5 cm³/mol. The van der Waals surface area contributed by atoms with Gasteiger partial charge in [0.05, 0.1) is 18.3 Å². The van der Waals surface area contributed by atoms with Crippen LogP contribution >= 0.6 is 0 Å². The maximum absolute atomic E-state index is 12.9. The lowest BCUT2D eigenvalue weighted by atomic mass is 9.87. The summed E-state index contributed by atoms with van der Waals surface area (Å²) in [6.45, 7) is 0. The molecule has 0 N–H and O–H groups in total. The molecule has 4 aromatic rings. The van der Waals surface area contributed by atoms with Crippen molar-refractivity contribution >= 4 is 27.5 Å². The molecule has 0 bridgehead atoms. The van der Waals surface area contributed by atoms with Crippen molar-refractivity contribution in [3.63, 3.8) is 0 Å². The van der Waals surface area contributed by atoms with Gasteiger partial charge in [-0.3, -0.25) is 9.78 Å². The van der Waals surface area contributed by atoms with Gasteiger partial charge in [0, 0.05) is 28.1 Å². The number of benzene rings is 2. The van der Waals surface area contributed by atoms with Gasteiger partial charge >= 0.3 is 0 Å². The molecular weight excluding hydrogens is 300 g/mol. The van der Waals surface area contributed by atoms with E-state index in [1.54, 1.807) is 25.4 Å². The van der Waals surface area contributed by atoms with Crippen molar-refractivity contribution < 1.29 is 9.53 Å². The number of ketones is 1. The molecule has 2 aromatic carbocycles. The number of para-hydroxylation sites is 1. The van der Waals surface area contributed by atoms with Crippen LogP contribution in [0.2, 0.25) is 0 Å². The SMILES string of the molecule is COc1ccc2c(c1)-c1nc3ccccc3c3ccnc(c13)C2=O. The number of ether oxygens (including phenoxy) is 1. The van der Waals surface area contributed by atoms with Crippen LogP contribution in [-0.2, 0) is 0 Å². The maximum Gasteiger partial charge on any atom is 0.212 e. The fourth-order valence-corrected chi connectivity index (χ4v) is 3.44. The zero-order chi connectivity index (χ0) is 16.3. The summed E-state index contributed by atoms with van der Waals surface area (Å²) in [5.41, 5.74) is 3.58. The summed E-state index contributed by atoms with van der Waals surface area (Å²) in [6.07, 6.45) is 1.69. The van der Waals surface area contributed by atoms with E-state index in [0.717, 1.165) is 32.9 Å². The number of methoxy groups -OCH3 is 1. The number of rotatable bonds is 1. The lowest BCUT2D eigenvalue weighted by Crippen LogP contribution is -2.13. The van der Waals surface area contributed by atoms with Gasteiger partial charge in [0.2, 0.25) is 5.78 Å². The van der Waals surface area contributed by atoms with Gasteiger partial charge < -0.3 is 4.74 Å². The van der Waals surface area contributed by atoms with Crippen LogP contribution in [0.15, 0.2) is 54.7 Å². The zero-order valence-corrected chi connectivity index (χ0v) is 12.9. The van der Waals surface area contributed by atoms with Gasteiger partial charge in [0.25, 0.3) is 0 Å². The van der Waals surface area contributed by atoms with Gasteiger partial charge in [-0.15, -0.1) is 0 Å². The summed E-state index contributed by atoms with van der Waals surface area (Å²) >= 11 is 0. The Morgan fingerprint density at radius 2 is 1.79 bits per heavy atom. The number of nitrogens with zero attached hydrogens (tertiary/aromatic N) is 2. The Balaban J connectivity index is 2.03. The standard InChI is InChI=1S/C20H12N2O2/c1-24-11-6-7-14-15(10-11)18-17-13(8-9-21-19(17)20(14)23)12-4-2-3-5-16(12)22-18/h2-10H,1H3. The molecule has 0 saturated heterocycles. The van der Waals surface area contributed by atoms with E-state index in [1.165, 1.54) is 0 Å². The molecular formula is C20H12N2O2. The number of aromatic nitrogens is 2. The molecule has 5 rings (SSSR count). The fourth-order valence-electron chi connectivity index (χ4n) is 3.44. The molecule has 2 aromatic heterocycles. The molecule has 0 spiro atoms. The molecule has 0 saturated carbocycles. The Morgan fingerprint density at radius 3 is 2.67 bits per heavy atom. The van der Waals surface area contributed by atoms with Gasteiger partial charge in [-0.1, -0.05) is 18.2 Å². The Morgan fingerprint density at radius 1 is 0.917 bits per heavy atom. The van der Waals surface area contributed by atoms with Crippen molar-refractivity contribution in [2.45, 2.75) is 0 Å². The largest absolute Gasteiger partial charge is 0.497 e. The molecule has 0 fully saturated rings. The van der Waals surface area contributed by atoms with Crippen molar-refractivity contribution in [2.24, 2.45) is 0 Å². The Hall–Kier alpha value is -3.27. The summed E-state index contributed by atoms with van der Waals surface area (Å²) in [6, 6.07) is 15.4. The summed E-state index contributed by atoms with van der Waals surface area (Å²) in [5.74, 6) is 0.639. The van der Waals surface area contributed by atoms with Crippen LogP contribution in [0.25, 0.3) is 32.9 Å². The molecule has 0 amide bonds. The second-order valence-electron chi connectivity index (χ2n) is 5.80. The summed E-state index contributed by atoms with van der Waals surface area (Å²) in [4.78, 5) is 22.1. The third-order valence-corrected chi connectivity index (χ3v) is 4.56. The second kappa shape index (κ2) is 4.61. The second-order valence-corrected chi connectivity index (χ2v) is 5.80. The Labute approximate surface area is 137 Å². The molecule has 2 heterocycles. The molecule has 24 heavy (non-hydrogen) atoms. The molecule has 114 valence electrons. The minimum absolute atomic E-state index is 0.0668. The zero-order valence-electron chi connectivity index (χ0n) is 12.9. The Bertz CT molecular complexity index is 1170. The predicted octanol–water partition coefficient (Wildman–Crippen LogP) is 4.00. The smallest absolute Gasteiger partial charge is 0.212 e. The highest BCUT2D eigenvalue weighted by Gasteiger charge is 2.28. The minimum Gasteiger partial charge on any atom is -0.497 e. The van der Waals surface area contributed by atoms with Crippen LogP contribution in [0.3, 0.4) is 0 Å². The highest BCUT2D eigenvalue weighted by Crippen LogP contribution is 2.41. The van der Waals surface area contributed by atoms with Crippen LogP contribution < -0.4 is 4.74 Å². The van der Waals surface area contributed by atoms with Crippen molar-refractivity contribution in [3.8, 4) is 17.0 Å². The Kier molecular flexibility index (Phi) is 2.54. The van der Waals surface area contributed by atoms with Gasteiger partial charge in [0.1, 0.15) is 11.4 Å². The lowest BCUT2D eigenvalue weighted by Gasteiger charge is -2.19. The summed E-state index contributed by atoms with van der Waals surface area (Å²) in [7, 11) is 1.62. The number of hydrogen-bond donors (Lipinski definition) is 0. The van der Waals surface area contributed by atoms with Crippen LogP contribution in [0.4, 0.5) is 0 Å². The van der Waals surface area contributed by atoms with Gasteiger partial charge in [0.15, 0.2) is 0 Å². The molecule has 4 nitrogen and oxygen atoms in total. The van der Waals surface area contributed by atoms with E-state index < -0.39 is 0 Å². The van der Waals surface area contributed by atoms with E-state index in [2.05, 4.69) is 4.98 Å². The summed E-state index contributed by atoms with van der Waals surface area (Å²) < 4.78 is 5.33. The lowest BCUT2D eigenvalue weighted by molar-refractivity contribution is 0.103. The van der Waals surface area contributed by atoms with E-state index in [-0.39, 0.29) is 5.78 Å². The van der Waals surface area contributed by atoms with Gasteiger partial charge in [-0.2, -0.15) is 0 Å². The highest BCUT2D eigenvalue weighted by molar-refractivity contribution is 6.27.